The summed E-state index contributed by atoms with van der Waals surface area (Å²) in [5, 5.41) is -0.848. The molecule has 2 aromatic rings. The molecule has 20 heavy (non-hydrogen) atoms. The molecule has 0 spiro atoms. The van der Waals surface area contributed by atoms with Gasteiger partial charge in [0.05, 0.1) is 12.5 Å². The highest BCUT2D eigenvalue weighted by atomic mass is 35.5. The van der Waals surface area contributed by atoms with Crippen LogP contribution in [0.2, 0.25) is 5.02 Å². The van der Waals surface area contributed by atoms with Crippen LogP contribution in [0, 0.1) is 17.5 Å². The summed E-state index contributed by atoms with van der Waals surface area (Å²) in [7, 11) is 1.40. The zero-order valence-electron chi connectivity index (χ0n) is 10.3. The monoisotopic (exact) mass is 320 g/mol. The first-order chi connectivity index (χ1) is 9.43. The van der Waals surface area contributed by atoms with Crippen LogP contribution in [0.25, 0.3) is 0 Å². The Morgan fingerprint density at radius 1 is 1.05 bits per heavy atom. The van der Waals surface area contributed by atoms with Gasteiger partial charge in [0.15, 0.2) is 0 Å². The zero-order chi connectivity index (χ0) is 14.9. The highest BCUT2D eigenvalue weighted by Gasteiger charge is 2.24. The molecule has 0 radical (unpaired) electrons. The van der Waals surface area contributed by atoms with Gasteiger partial charge in [0.25, 0.3) is 0 Å². The molecule has 0 N–H and O–H groups in total. The van der Waals surface area contributed by atoms with Crippen molar-refractivity contribution in [2.45, 2.75) is 5.38 Å². The minimum atomic E-state index is -1.19. The van der Waals surface area contributed by atoms with Crippen molar-refractivity contribution in [2.24, 2.45) is 0 Å². The third-order valence-electron chi connectivity index (χ3n) is 2.76. The molecule has 1 nitrogen and oxygen atoms in total. The van der Waals surface area contributed by atoms with Gasteiger partial charge in [-0.25, -0.2) is 13.2 Å². The van der Waals surface area contributed by atoms with Crippen LogP contribution in [0.4, 0.5) is 13.2 Å². The van der Waals surface area contributed by atoms with E-state index in [2.05, 4.69) is 0 Å². The van der Waals surface area contributed by atoms with Gasteiger partial charge in [-0.05, 0) is 18.2 Å². The van der Waals surface area contributed by atoms with E-state index in [1.165, 1.54) is 19.2 Å². The fourth-order valence-electron chi connectivity index (χ4n) is 1.85. The lowest BCUT2D eigenvalue weighted by atomic mass is 10.0. The van der Waals surface area contributed by atoms with Gasteiger partial charge < -0.3 is 4.74 Å². The van der Waals surface area contributed by atoms with Crippen molar-refractivity contribution >= 4 is 23.2 Å². The average molecular weight is 321 g/mol. The second-order valence-electron chi connectivity index (χ2n) is 4.03. The van der Waals surface area contributed by atoms with Crippen molar-refractivity contribution in [3.8, 4) is 5.75 Å². The summed E-state index contributed by atoms with van der Waals surface area (Å²) in [6.45, 7) is 0. The van der Waals surface area contributed by atoms with E-state index in [0.29, 0.717) is 28.5 Å². The first-order valence-electron chi connectivity index (χ1n) is 5.56. The van der Waals surface area contributed by atoms with Crippen LogP contribution in [-0.4, -0.2) is 7.11 Å². The lowest BCUT2D eigenvalue weighted by Crippen LogP contribution is -2.04. The van der Waals surface area contributed by atoms with Crippen LogP contribution in [-0.2, 0) is 0 Å². The maximum Gasteiger partial charge on any atom is 0.134 e. The lowest BCUT2D eigenvalue weighted by molar-refractivity contribution is 0.409. The van der Waals surface area contributed by atoms with E-state index in [0.717, 1.165) is 0 Å². The van der Waals surface area contributed by atoms with Crippen LogP contribution >= 0.6 is 23.2 Å². The Balaban J connectivity index is 2.57. The predicted octanol–water partition coefficient (Wildman–Crippen LogP) is 5.09. The Hall–Kier alpha value is -1.39. The molecule has 0 fully saturated rings. The number of rotatable bonds is 3. The predicted molar refractivity (Wildman–Crippen MR) is 72.0 cm³/mol. The molecule has 0 heterocycles. The van der Waals surface area contributed by atoms with Gasteiger partial charge in [-0.2, -0.15) is 0 Å². The summed E-state index contributed by atoms with van der Waals surface area (Å²) in [5.74, 6) is -2.81. The van der Waals surface area contributed by atoms with E-state index >= 15 is 0 Å². The summed E-state index contributed by atoms with van der Waals surface area (Å²) >= 11 is 12.0. The number of ether oxygens (including phenoxy) is 1. The Labute approximate surface area is 123 Å². The third kappa shape index (κ3) is 2.86. The molecule has 0 saturated carbocycles. The molecule has 6 heteroatoms. The zero-order valence-corrected chi connectivity index (χ0v) is 11.8. The van der Waals surface area contributed by atoms with Gasteiger partial charge in [-0.15, -0.1) is 11.6 Å². The van der Waals surface area contributed by atoms with Gasteiger partial charge in [0.1, 0.15) is 23.2 Å². The highest BCUT2D eigenvalue weighted by Crippen LogP contribution is 2.38. The first-order valence-corrected chi connectivity index (χ1v) is 6.37. The first kappa shape index (κ1) is 15.0. The summed E-state index contributed by atoms with van der Waals surface area (Å²) in [5.41, 5.74) is -0.153. The molecule has 0 aliphatic rings. The molecule has 0 aromatic heterocycles. The van der Waals surface area contributed by atoms with Crippen molar-refractivity contribution in [1.29, 1.82) is 0 Å². The fourth-order valence-corrected chi connectivity index (χ4v) is 2.41. The standard InChI is InChI=1S/C14H9Cl2F3O/c1-20-12-3-2-7(15)4-9(12)14(16)13-10(18)5-8(17)6-11(13)19/h2-6,14H,1H3. The second-order valence-corrected chi connectivity index (χ2v) is 4.90. The number of benzene rings is 2. The number of hydrogen-bond acceptors (Lipinski definition) is 1. The number of hydrogen-bond donors (Lipinski definition) is 0. The number of methoxy groups -OCH3 is 1. The Morgan fingerprint density at radius 3 is 2.20 bits per heavy atom. The fraction of sp³-hybridized carbons (Fsp3) is 0.143. The Kier molecular flexibility index (Phi) is 4.45. The average Bonchev–Trinajstić information content (AvgIpc) is 2.37. The van der Waals surface area contributed by atoms with E-state index in [1.807, 2.05) is 0 Å². The van der Waals surface area contributed by atoms with Crippen LogP contribution in [0.15, 0.2) is 30.3 Å². The molecular formula is C14H9Cl2F3O. The lowest BCUT2D eigenvalue weighted by Gasteiger charge is -2.16. The van der Waals surface area contributed by atoms with E-state index in [4.69, 9.17) is 27.9 Å². The molecule has 106 valence electrons. The summed E-state index contributed by atoms with van der Waals surface area (Å²) in [6.07, 6.45) is 0. The van der Waals surface area contributed by atoms with Crippen molar-refractivity contribution in [3.63, 3.8) is 0 Å². The molecular weight excluding hydrogens is 312 g/mol. The molecule has 0 saturated heterocycles. The Morgan fingerprint density at radius 2 is 1.65 bits per heavy atom. The highest BCUT2D eigenvalue weighted by molar-refractivity contribution is 6.31. The van der Waals surface area contributed by atoms with Gasteiger partial charge in [0, 0.05) is 28.3 Å². The minimum absolute atomic E-state index is 0.297. The van der Waals surface area contributed by atoms with E-state index in [9.17, 15) is 13.2 Å². The normalized spacial score (nSPS) is 12.3. The van der Waals surface area contributed by atoms with Gasteiger partial charge in [-0.3, -0.25) is 0 Å². The van der Waals surface area contributed by atoms with Crippen LogP contribution in [0.3, 0.4) is 0 Å². The molecule has 0 bridgehead atoms. The molecule has 2 rings (SSSR count). The van der Waals surface area contributed by atoms with Gasteiger partial charge in [0.2, 0.25) is 0 Å². The second kappa shape index (κ2) is 5.94. The topological polar surface area (TPSA) is 9.23 Å². The van der Waals surface area contributed by atoms with E-state index in [1.54, 1.807) is 6.07 Å². The Bertz CT molecular complexity index is 623. The number of alkyl halides is 1. The van der Waals surface area contributed by atoms with E-state index in [-0.39, 0.29) is 0 Å². The van der Waals surface area contributed by atoms with Crippen LogP contribution in [0.1, 0.15) is 16.5 Å². The third-order valence-corrected chi connectivity index (χ3v) is 3.45. The SMILES string of the molecule is COc1ccc(Cl)cc1C(Cl)c1c(F)cc(F)cc1F. The van der Waals surface area contributed by atoms with Gasteiger partial charge >= 0.3 is 0 Å². The van der Waals surface area contributed by atoms with E-state index < -0.39 is 28.4 Å². The summed E-state index contributed by atoms with van der Waals surface area (Å²) in [4.78, 5) is 0. The summed E-state index contributed by atoms with van der Waals surface area (Å²) < 4.78 is 45.5. The van der Waals surface area contributed by atoms with Crippen molar-refractivity contribution in [2.75, 3.05) is 7.11 Å². The van der Waals surface area contributed by atoms with Crippen molar-refractivity contribution in [3.05, 3.63) is 63.9 Å². The quantitative estimate of drug-likeness (QED) is 0.715. The largest absolute Gasteiger partial charge is 0.496 e. The van der Waals surface area contributed by atoms with Gasteiger partial charge in [-0.1, -0.05) is 11.6 Å². The maximum absolute atomic E-state index is 13.7. The van der Waals surface area contributed by atoms with Crippen molar-refractivity contribution < 1.29 is 17.9 Å². The van der Waals surface area contributed by atoms with Crippen LogP contribution < -0.4 is 4.74 Å². The molecule has 0 aliphatic heterocycles. The minimum Gasteiger partial charge on any atom is -0.496 e. The molecule has 2 aromatic carbocycles. The molecule has 1 unspecified atom stereocenters. The summed E-state index contributed by atoms with van der Waals surface area (Å²) in [6, 6.07) is 5.69. The molecule has 0 amide bonds. The smallest absolute Gasteiger partial charge is 0.134 e. The molecule has 0 aliphatic carbocycles. The maximum atomic E-state index is 13.7. The molecule has 1 atom stereocenters. The van der Waals surface area contributed by atoms with Crippen LogP contribution in [0.5, 0.6) is 5.75 Å². The number of halogens is 5. The van der Waals surface area contributed by atoms with Crippen molar-refractivity contribution in [1.82, 2.24) is 0 Å².